The van der Waals surface area contributed by atoms with Gasteiger partial charge in [0.05, 0.1) is 6.61 Å². The summed E-state index contributed by atoms with van der Waals surface area (Å²) >= 11 is 0.914. The molecule has 0 saturated heterocycles. The van der Waals surface area contributed by atoms with Crippen molar-refractivity contribution in [1.29, 1.82) is 0 Å². The lowest BCUT2D eigenvalue weighted by Gasteiger charge is -2.24. The van der Waals surface area contributed by atoms with Gasteiger partial charge in [0.25, 0.3) is 5.24 Å². The van der Waals surface area contributed by atoms with Gasteiger partial charge in [0.1, 0.15) is 32.9 Å². The van der Waals surface area contributed by atoms with Gasteiger partial charge in [0.2, 0.25) is 0 Å². The minimum absolute atomic E-state index is 0.0844. The number of carbonyl (C=O) groups is 6. The fourth-order valence-electron chi connectivity index (χ4n) is 5.57. The SMILES string of the molecule is CC.CCC.CCCCCCCC.CCCCCCCCC(=O)OCC(CO)OC(=O)CN(CC(=O)OC(COC(=O)CC)COC(=O)CCCCCCCC)C(=O)SCCCN(C)C. The van der Waals surface area contributed by atoms with Gasteiger partial charge in [-0.15, -0.1) is 0 Å². The summed E-state index contributed by atoms with van der Waals surface area (Å²) < 4.78 is 26.4. The molecule has 0 aliphatic rings. The van der Waals surface area contributed by atoms with Crippen LogP contribution in [0, 0.1) is 0 Å². The average Bonchev–Trinajstić information content (AvgIpc) is 3.29. The van der Waals surface area contributed by atoms with Gasteiger partial charge in [-0.2, -0.15) is 0 Å². The molecule has 0 saturated carbocycles. The molecule has 0 fully saturated rings. The fourth-order valence-corrected chi connectivity index (χ4v) is 6.33. The number of unbranched alkanes of at least 4 members (excludes halogenated alkanes) is 15. The smallest absolute Gasteiger partial charge is 0.326 e. The van der Waals surface area contributed by atoms with Crippen molar-refractivity contribution in [2.24, 2.45) is 0 Å². The number of hydrogen-bond donors (Lipinski definition) is 1. The molecule has 0 rings (SSSR count). The molecule has 0 aliphatic carbocycles. The molecule has 1 amide bonds. The summed E-state index contributed by atoms with van der Waals surface area (Å²) in [6, 6.07) is 0. The summed E-state index contributed by atoms with van der Waals surface area (Å²) in [5.41, 5.74) is 0. The van der Waals surface area contributed by atoms with E-state index in [2.05, 4.69) is 41.5 Å². The molecule has 0 radical (unpaired) electrons. The Hall–Kier alpha value is -2.91. The molecule has 15 heteroatoms. The quantitative estimate of drug-likeness (QED) is 0.0354. The third kappa shape index (κ3) is 51.9. The predicted octanol–water partition coefficient (Wildman–Crippen LogP) is 11.3. The van der Waals surface area contributed by atoms with Crippen LogP contribution in [0.3, 0.4) is 0 Å². The molecule has 14 nitrogen and oxygen atoms in total. The first-order valence-electron chi connectivity index (χ1n) is 25.3. The van der Waals surface area contributed by atoms with Crippen LogP contribution in [0.2, 0.25) is 0 Å². The predicted molar refractivity (Wildman–Crippen MR) is 265 cm³/mol. The number of esters is 5. The number of ether oxygens (including phenoxy) is 5. The fraction of sp³-hybridized carbons (Fsp3) is 0.880. The first-order chi connectivity index (χ1) is 31.3. The topological polar surface area (TPSA) is 175 Å². The summed E-state index contributed by atoms with van der Waals surface area (Å²) in [6.45, 7) is 16.3. The molecule has 2 atom stereocenters. The second-order valence-electron chi connectivity index (χ2n) is 16.1. The Labute approximate surface area is 401 Å². The van der Waals surface area contributed by atoms with E-state index >= 15 is 0 Å². The largest absolute Gasteiger partial charge is 0.462 e. The average molecular weight is 951 g/mol. The van der Waals surface area contributed by atoms with E-state index < -0.39 is 67.0 Å². The Bertz CT molecular complexity index is 1120. The maximum Gasteiger partial charge on any atom is 0.326 e. The van der Waals surface area contributed by atoms with Crippen molar-refractivity contribution in [2.45, 2.75) is 222 Å². The maximum atomic E-state index is 13.2. The Morgan fingerprint density at radius 1 is 0.492 bits per heavy atom. The lowest BCUT2D eigenvalue weighted by Crippen LogP contribution is -2.42. The van der Waals surface area contributed by atoms with Crippen LogP contribution >= 0.6 is 11.8 Å². The molecule has 2 unspecified atom stereocenters. The van der Waals surface area contributed by atoms with E-state index in [0.717, 1.165) is 87.4 Å². The van der Waals surface area contributed by atoms with Crippen molar-refractivity contribution in [3.05, 3.63) is 0 Å². The van der Waals surface area contributed by atoms with Gasteiger partial charge in [-0.05, 0) is 39.9 Å². The third-order valence-corrected chi connectivity index (χ3v) is 10.2. The molecule has 0 aromatic carbocycles. The van der Waals surface area contributed by atoms with E-state index in [4.69, 9.17) is 23.7 Å². The number of amides is 1. The van der Waals surface area contributed by atoms with Crippen molar-refractivity contribution in [2.75, 3.05) is 65.9 Å². The van der Waals surface area contributed by atoms with E-state index in [9.17, 15) is 33.9 Å². The normalized spacial score (nSPS) is 11.3. The van der Waals surface area contributed by atoms with Crippen molar-refractivity contribution in [3.8, 4) is 0 Å². The second kappa shape index (κ2) is 53.7. The van der Waals surface area contributed by atoms with E-state index in [-0.39, 0.29) is 39.1 Å². The summed E-state index contributed by atoms with van der Waals surface area (Å²) in [7, 11) is 3.79. The molecular formula is C50H98N2O12S. The van der Waals surface area contributed by atoms with Crippen molar-refractivity contribution in [1.82, 2.24) is 9.80 Å². The Balaban J connectivity index is -0.00000125. The van der Waals surface area contributed by atoms with E-state index in [1.54, 1.807) is 6.92 Å². The van der Waals surface area contributed by atoms with Gasteiger partial charge in [0, 0.05) is 25.0 Å². The number of aliphatic hydroxyl groups excluding tert-OH is 1. The van der Waals surface area contributed by atoms with Crippen LogP contribution in [-0.4, -0.2) is 128 Å². The van der Waals surface area contributed by atoms with Crippen molar-refractivity contribution < 1.29 is 57.6 Å². The first kappa shape index (κ1) is 68.7. The Kier molecular flexibility index (Phi) is 56.7. The van der Waals surface area contributed by atoms with E-state index in [1.165, 1.54) is 44.9 Å². The summed E-state index contributed by atoms with van der Waals surface area (Å²) in [4.78, 5) is 78.3. The van der Waals surface area contributed by atoms with Crippen molar-refractivity contribution >= 4 is 46.8 Å². The van der Waals surface area contributed by atoms with Crippen LogP contribution in [0.1, 0.15) is 210 Å². The molecule has 0 aliphatic heterocycles. The maximum absolute atomic E-state index is 13.2. The molecule has 0 heterocycles. The Morgan fingerprint density at radius 3 is 1.22 bits per heavy atom. The minimum atomic E-state index is -1.17. The highest BCUT2D eigenvalue weighted by atomic mass is 32.2. The van der Waals surface area contributed by atoms with Crippen LogP contribution in [0.4, 0.5) is 4.79 Å². The molecule has 65 heavy (non-hydrogen) atoms. The van der Waals surface area contributed by atoms with Crippen LogP contribution in [0.15, 0.2) is 0 Å². The molecule has 0 spiro atoms. The van der Waals surface area contributed by atoms with Crippen LogP contribution < -0.4 is 0 Å². The standard InChI is InChI=1S/C37H66N2O12S.C8H18.C3H8.C2H6/c1-6-9-11-13-15-17-20-33(42)48-27-30(26-40)50-35(44)24-39(37(46)52-23-19-22-38(4)5)25-36(45)51-31(28-47-32(41)8-3)29-49-34(43)21-18-16-14-12-10-7-2;1-3-5-7-8-6-4-2;1-3-2;1-2/h30-31,40H,6-29H2,1-5H3;3-8H2,1-2H3;3H2,1-2H3;1-2H3. The summed E-state index contributed by atoms with van der Waals surface area (Å²) in [6.07, 6.45) is 20.6. The molecular weight excluding hydrogens is 853 g/mol. The van der Waals surface area contributed by atoms with Crippen molar-refractivity contribution in [3.63, 3.8) is 0 Å². The molecule has 386 valence electrons. The highest BCUT2D eigenvalue weighted by Crippen LogP contribution is 2.14. The van der Waals surface area contributed by atoms with Gasteiger partial charge in [-0.3, -0.25) is 28.8 Å². The van der Waals surface area contributed by atoms with Gasteiger partial charge in [0.15, 0.2) is 12.2 Å². The Morgan fingerprint density at radius 2 is 0.846 bits per heavy atom. The van der Waals surface area contributed by atoms with Gasteiger partial charge >= 0.3 is 29.8 Å². The summed E-state index contributed by atoms with van der Waals surface area (Å²) in [5, 5.41) is 9.16. The number of aliphatic hydroxyl groups is 1. The summed E-state index contributed by atoms with van der Waals surface area (Å²) in [5.74, 6) is -2.93. The molecule has 0 aromatic rings. The highest BCUT2D eigenvalue weighted by molar-refractivity contribution is 8.13. The number of rotatable bonds is 37. The first-order valence-corrected chi connectivity index (χ1v) is 26.3. The monoisotopic (exact) mass is 951 g/mol. The number of nitrogens with zero attached hydrogens (tertiary/aromatic N) is 2. The third-order valence-electron chi connectivity index (χ3n) is 9.18. The molecule has 1 N–H and O–H groups in total. The molecule has 0 bridgehead atoms. The lowest BCUT2D eigenvalue weighted by atomic mass is 10.1. The molecule has 0 aromatic heterocycles. The number of hydrogen-bond acceptors (Lipinski definition) is 14. The van der Waals surface area contributed by atoms with E-state index in [1.807, 2.05) is 32.8 Å². The van der Waals surface area contributed by atoms with Crippen LogP contribution in [0.25, 0.3) is 0 Å². The van der Waals surface area contributed by atoms with E-state index in [0.29, 0.717) is 25.0 Å². The second-order valence-corrected chi connectivity index (χ2v) is 17.1. The zero-order chi connectivity index (χ0) is 49.9. The lowest BCUT2D eigenvalue weighted by molar-refractivity contribution is -0.168. The number of thioether (sulfide) groups is 1. The number of carbonyl (C=O) groups excluding carboxylic acids is 6. The zero-order valence-electron chi connectivity index (χ0n) is 43.3. The minimum Gasteiger partial charge on any atom is -0.462 e. The highest BCUT2D eigenvalue weighted by Gasteiger charge is 2.27. The van der Waals surface area contributed by atoms with Gasteiger partial charge in [-0.25, -0.2) is 0 Å². The van der Waals surface area contributed by atoms with Crippen LogP contribution in [-0.2, 0) is 47.7 Å². The zero-order valence-corrected chi connectivity index (χ0v) is 44.1. The van der Waals surface area contributed by atoms with Gasteiger partial charge < -0.3 is 38.6 Å². The van der Waals surface area contributed by atoms with Gasteiger partial charge in [-0.1, -0.05) is 183 Å². The van der Waals surface area contributed by atoms with Crippen LogP contribution in [0.5, 0.6) is 0 Å².